The zero-order valence-corrected chi connectivity index (χ0v) is 11.4. The van der Waals surface area contributed by atoms with Crippen molar-refractivity contribution in [3.8, 4) is 0 Å². The summed E-state index contributed by atoms with van der Waals surface area (Å²) >= 11 is 0. The van der Waals surface area contributed by atoms with Gasteiger partial charge in [-0.2, -0.15) is 5.10 Å². The molecule has 0 bridgehead atoms. The van der Waals surface area contributed by atoms with Crippen molar-refractivity contribution in [2.45, 2.75) is 24.8 Å². The molecule has 0 aliphatic heterocycles. The van der Waals surface area contributed by atoms with Crippen molar-refractivity contribution in [1.82, 2.24) is 9.78 Å². The highest BCUT2D eigenvalue weighted by Gasteiger charge is 2.12. The molecule has 6 heteroatoms. The molecule has 0 aliphatic rings. The van der Waals surface area contributed by atoms with E-state index in [0.29, 0.717) is 6.54 Å². The summed E-state index contributed by atoms with van der Waals surface area (Å²) in [5, 5.41) is 3.97. The van der Waals surface area contributed by atoms with Gasteiger partial charge in [0.05, 0.1) is 12.7 Å². The van der Waals surface area contributed by atoms with Crippen molar-refractivity contribution < 1.29 is 8.42 Å². The average molecular weight is 285 g/mol. The number of aryl methyl sites for hydroxylation is 1. The second-order valence-electron chi connectivity index (χ2n) is 3.98. The highest BCUT2D eigenvalue weighted by Crippen LogP contribution is 2.14. The molecule has 1 aromatic heterocycles. The number of nitrogens with zero attached hydrogens (tertiary/aromatic N) is 2. The average Bonchev–Trinajstić information content (AvgIpc) is 2.78. The first-order valence-electron chi connectivity index (χ1n) is 5.54. The van der Waals surface area contributed by atoms with E-state index in [9.17, 15) is 8.42 Å². The van der Waals surface area contributed by atoms with Gasteiger partial charge in [-0.1, -0.05) is 31.2 Å². The zero-order valence-electron chi connectivity index (χ0n) is 9.88. The number of benzene rings is 1. The van der Waals surface area contributed by atoms with Gasteiger partial charge in [-0.05, 0) is 17.5 Å². The van der Waals surface area contributed by atoms with Gasteiger partial charge in [0.2, 0.25) is 0 Å². The van der Waals surface area contributed by atoms with Crippen LogP contribution in [-0.4, -0.2) is 18.2 Å². The van der Waals surface area contributed by atoms with Gasteiger partial charge >= 0.3 is 0 Å². The Labute approximate surface area is 111 Å². The molecule has 0 atom stereocenters. The number of rotatable bonds is 4. The quantitative estimate of drug-likeness (QED) is 0.810. The fourth-order valence-corrected chi connectivity index (χ4v) is 2.28. The summed E-state index contributed by atoms with van der Waals surface area (Å²) in [6.45, 7) is 2.62. The molecule has 2 rings (SSSR count). The third-order valence-corrected chi connectivity index (χ3v) is 3.98. The Kier molecular flexibility index (Phi) is 3.73. The normalized spacial score (nSPS) is 11.7. The highest BCUT2D eigenvalue weighted by molar-refractivity contribution is 8.13. The summed E-state index contributed by atoms with van der Waals surface area (Å²) in [5.41, 5.74) is 2.33. The molecular weight excluding hydrogens is 272 g/mol. The minimum Gasteiger partial charge on any atom is -0.267 e. The van der Waals surface area contributed by atoms with E-state index in [2.05, 4.69) is 24.2 Å². The summed E-state index contributed by atoms with van der Waals surface area (Å²) < 4.78 is 23.7. The van der Waals surface area contributed by atoms with Crippen LogP contribution in [0.15, 0.2) is 41.6 Å². The summed E-state index contributed by atoms with van der Waals surface area (Å²) in [7, 11) is 1.54. The number of aromatic nitrogens is 2. The second-order valence-corrected chi connectivity index (χ2v) is 6.55. The van der Waals surface area contributed by atoms with E-state index in [1.165, 1.54) is 18.0 Å². The highest BCUT2D eigenvalue weighted by atomic mass is 35.7. The Bertz CT molecular complexity index is 632. The van der Waals surface area contributed by atoms with E-state index >= 15 is 0 Å². The van der Waals surface area contributed by atoms with Crippen LogP contribution in [0, 0.1) is 0 Å². The maximum absolute atomic E-state index is 11.1. The van der Waals surface area contributed by atoms with E-state index in [4.69, 9.17) is 10.7 Å². The van der Waals surface area contributed by atoms with Crippen molar-refractivity contribution >= 4 is 19.7 Å². The lowest BCUT2D eigenvalue weighted by molar-refractivity contribution is 0.609. The van der Waals surface area contributed by atoms with Gasteiger partial charge < -0.3 is 0 Å². The molecule has 0 amide bonds. The maximum Gasteiger partial charge on any atom is 0.264 e. The van der Waals surface area contributed by atoms with Crippen molar-refractivity contribution in [2.24, 2.45) is 0 Å². The molecular formula is C12H13ClN2O2S. The van der Waals surface area contributed by atoms with Crippen LogP contribution < -0.4 is 0 Å². The molecule has 0 aliphatic carbocycles. The third-order valence-electron chi connectivity index (χ3n) is 2.67. The van der Waals surface area contributed by atoms with E-state index in [1.807, 2.05) is 12.1 Å². The fraction of sp³-hybridized carbons (Fsp3) is 0.250. The van der Waals surface area contributed by atoms with Crippen molar-refractivity contribution in [2.75, 3.05) is 0 Å². The monoisotopic (exact) mass is 284 g/mol. The summed E-state index contributed by atoms with van der Waals surface area (Å²) in [4.78, 5) is 0.0225. The summed E-state index contributed by atoms with van der Waals surface area (Å²) in [5.74, 6) is 0. The molecule has 2 aromatic rings. The Morgan fingerprint density at radius 2 is 1.83 bits per heavy atom. The first kappa shape index (κ1) is 13.1. The van der Waals surface area contributed by atoms with Crippen LogP contribution in [0.25, 0.3) is 0 Å². The lowest BCUT2D eigenvalue weighted by atomic mass is 10.1. The van der Waals surface area contributed by atoms with Crippen molar-refractivity contribution in [3.63, 3.8) is 0 Å². The molecule has 1 aromatic carbocycles. The molecule has 0 unspecified atom stereocenters. The van der Waals surface area contributed by atoms with Crippen molar-refractivity contribution in [3.05, 3.63) is 47.8 Å². The van der Waals surface area contributed by atoms with Crippen molar-refractivity contribution in [1.29, 1.82) is 0 Å². The Morgan fingerprint density at radius 1 is 1.22 bits per heavy atom. The topological polar surface area (TPSA) is 52.0 Å². The molecule has 18 heavy (non-hydrogen) atoms. The first-order valence-corrected chi connectivity index (χ1v) is 7.85. The smallest absolute Gasteiger partial charge is 0.264 e. The molecule has 0 spiro atoms. The standard InChI is InChI=1S/C12H13ClN2O2S/c1-2-10-3-5-11(6-4-10)8-15-9-12(7-14-15)18(13,16)17/h3-7,9H,2,8H2,1H3. The Morgan fingerprint density at radius 3 is 2.33 bits per heavy atom. The molecule has 0 fully saturated rings. The predicted octanol–water partition coefficient (Wildman–Crippen LogP) is 2.42. The van der Waals surface area contributed by atoms with E-state index in [0.717, 1.165) is 12.0 Å². The van der Waals surface area contributed by atoms with Gasteiger partial charge in [-0.25, -0.2) is 8.42 Å². The molecule has 1 heterocycles. The minimum absolute atomic E-state index is 0.0225. The lowest BCUT2D eigenvalue weighted by Gasteiger charge is -2.03. The van der Waals surface area contributed by atoms with Crippen LogP contribution in [0.3, 0.4) is 0 Å². The SMILES string of the molecule is CCc1ccc(Cn2cc(S(=O)(=O)Cl)cn2)cc1. The molecule has 0 N–H and O–H groups in total. The second kappa shape index (κ2) is 5.12. The molecule has 0 saturated carbocycles. The van der Waals surface area contributed by atoms with E-state index in [-0.39, 0.29) is 4.90 Å². The minimum atomic E-state index is -3.70. The van der Waals surface area contributed by atoms with Crippen LogP contribution >= 0.6 is 10.7 Å². The Hall–Kier alpha value is -1.33. The van der Waals surface area contributed by atoms with Gasteiger partial charge in [-0.15, -0.1) is 0 Å². The van der Waals surface area contributed by atoms with Gasteiger partial charge in [0.15, 0.2) is 0 Å². The lowest BCUT2D eigenvalue weighted by Crippen LogP contribution is -2.00. The van der Waals surface area contributed by atoms with Gasteiger partial charge in [0.1, 0.15) is 4.90 Å². The Balaban J connectivity index is 2.16. The van der Waals surface area contributed by atoms with Gasteiger partial charge in [-0.3, -0.25) is 4.68 Å². The van der Waals surface area contributed by atoms with E-state index < -0.39 is 9.05 Å². The van der Waals surface area contributed by atoms with Gasteiger partial charge in [0, 0.05) is 16.9 Å². The van der Waals surface area contributed by atoms with Gasteiger partial charge in [0.25, 0.3) is 9.05 Å². The molecule has 96 valence electrons. The zero-order chi connectivity index (χ0) is 13.2. The predicted molar refractivity (Wildman–Crippen MR) is 70.2 cm³/mol. The van der Waals surface area contributed by atoms with Crippen LogP contribution in [-0.2, 0) is 22.0 Å². The fourth-order valence-electron chi connectivity index (χ4n) is 1.62. The molecule has 0 saturated heterocycles. The van der Waals surface area contributed by atoms with E-state index in [1.54, 1.807) is 4.68 Å². The largest absolute Gasteiger partial charge is 0.267 e. The van der Waals surface area contributed by atoms with Crippen LogP contribution in [0.1, 0.15) is 18.1 Å². The maximum atomic E-state index is 11.1. The number of hydrogen-bond donors (Lipinski definition) is 0. The molecule has 0 radical (unpaired) electrons. The number of hydrogen-bond acceptors (Lipinski definition) is 3. The summed E-state index contributed by atoms with van der Waals surface area (Å²) in [6, 6.07) is 8.13. The van der Waals surface area contributed by atoms with Crippen LogP contribution in [0.2, 0.25) is 0 Å². The van der Waals surface area contributed by atoms with Crippen LogP contribution in [0.4, 0.5) is 0 Å². The molecule has 4 nitrogen and oxygen atoms in total. The first-order chi connectivity index (χ1) is 8.49. The summed E-state index contributed by atoms with van der Waals surface area (Å²) in [6.07, 6.45) is 3.68. The third kappa shape index (κ3) is 3.11. The van der Waals surface area contributed by atoms with Crippen LogP contribution in [0.5, 0.6) is 0 Å². The number of halogens is 1.